The van der Waals surface area contributed by atoms with Crippen molar-refractivity contribution in [2.75, 3.05) is 17.3 Å². The average Bonchev–Trinajstić information content (AvgIpc) is 2.67. The highest BCUT2D eigenvalue weighted by atomic mass is 32.2. The van der Waals surface area contributed by atoms with Gasteiger partial charge in [0.1, 0.15) is 6.04 Å². The molecule has 0 saturated carbocycles. The smallest absolute Gasteiger partial charge is 0.270 e. The van der Waals surface area contributed by atoms with Gasteiger partial charge in [0.25, 0.3) is 11.6 Å². The van der Waals surface area contributed by atoms with Crippen LogP contribution in [0.25, 0.3) is 0 Å². The summed E-state index contributed by atoms with van der Waals surface area (Å²) in [6.45, 7) is 3.83. The summed E-state index contributed by atoms with van der Waals surface area (Å²) in [5, 5.41) is 16.5. The van der Waals surface area contributed by atoms with Crippen LogP contribution < -0.4 is 10.6 Å². The molecule has 0 bridgehead atoms. The number of carbonyl (C=O) groups is 2. The van der Waals surface area contributed by atoms with E-state index in [1.165, 1.54) is 24.3 Å². The first-order chi connectivity index (χ1) is 13.3. The van der Waals surface area contributed by atoms with Crippen LogP contribution in [-0.2, 0) is 4.79 Å². The van der Waals surface area contributed by atoms with Crippen LogP contribution in [0.15, 0.2) is 42.5 Å². The number of thioether (sulfide) groups is 1. The first-order valence-electron chi connectivity index (χ1n) is 8.74. The molecule has 0 heterocycles. The number of nitro benzene ring substituents is 1. The van der Waals surface area contributed by atoms with Gasteiger partial charge in [-0.25, -0.2) is 0 Å². The van der Waals surface area contributed by atoms with Gasteiger partial charge in [-0.15, -0.1) is 0 Å². The third kappa shape index (κ3) is 5.82. The van der Waals surface area contributed by atoms with Gasteiger partial charge in [0.2, 0.25) is 5.91 Å². The number of hydrogen-bond donors (Lipinski definition) is 2. The van der Waals surface area contributed by atoms with Crippen molar-refractivity contribution < 1.29 is 14.5 Å². The van der Waals surface area contributed by atoms with Crippen molar-refractivity contribution in [3.05, 3.63) is 69.3 Å². The molecule has 0 spiro atoms. The van der Waals surface area contributed by atoms with Crippen LogP contribution in [0.5, 0.6) is 0 Å². The van der Waals surface area contributed by atoms with E-state index in [0.29, 0.717) is 17.9 Å². The standard InChI is InChI=1S/C20H23N3O4S/c1-13-7-8-14(2)18(11-13)22-20(25)17(9-10-28-3)21-19(24)15-5-4-6-16(12-15)23(26)27/h4-8,11-12,17H,9-10H2,1-3H3,(H,21,24)(H,22,25)/t17-/m1/s1. The Balaban J connectivity index is 2.17. The second-order valence-corrected chi connectivity index (χ2v) is 7.41. The van der Waals surface area contributed by atoms with E-state index < -0.39 is 16.9 Å². The van der Waals surface area contributed by atoms with Gasteiger partial charge >= 0.3 is 0 Å². The Labute approximate surface area is 168 Å². The number of nitrogens with zero attached hydrogens (tertiary/aromatic N) is 1. The maximum absolute atomic E-state index is 12.8. The van der Waals surface area contributed by atoms with Crippen LogP contribution in [0.1, 0.15) is 27.9 Å². The van der Waals surface area contributed by atoms with E-state index in [4.69, 9.17) is 0 Å². The van der Waals surface area contributed by atoms with Crippen LogP contribution >= 0.6 is 11.8 Å². The SMILES string of the molecule is CSCC[C@@H](NC(=O)c1cccc([N+](=O)[O-])c1)C(=O)Nc1cc(C)ccc1C. The van der Waals surface area contributed by atoms with Gasteiger partial charge in [-0.1, -0.05) is 18.2 Å². The molecule has 7 nitrogen and oxygen atoms in total. The predicted octanol–water partition coefficient (Wildman–Crippen LogP) is 3.70. The molecule has 2 N–H and O–H groups in total. The minimum Gasteiger partial charge on any atom is -0.340 e. The molecular weight excluding hydrogens is 378 g/mol. The van der Waals surface area contributed by atoms with Crippen LogP contribution in [-0.4, -0.2) is 34.8 Å². The third-order valence-electron chi connectivity index (χ3n) is 4.20. The summed E-state index contributed by atoms with van der Waals surface area (Å²) in [5.74, 6) is -0.160. The lowest BCUT2D eigenvalue weighted by Crippen LogP contribution is -2.44. The Kier molecular flexibility index (Phi) is 7.57. The predicted molar refractivity (Wildman–Crippen MR) is 112 cm³/mol. The number of nitro groups is 1. The van der Waals surface area contributed by atoms with Gasteiger partial charge in [0, 0.05) is 23.4 Å². The van der Waals surface area contributed by atoms with Crippen molar-refractivity contribution in [1.29, 1.82) is 0 Å². The van der Waals surface area contributed by atoms with E-state index >= 15 is 0 Å². The Bertz CT molecular complexity index is 886. The monoisotopic (exact) mass is 401 g/mol. The highest BCUT2D eigenvalue weighted by molar-refractivity contribution is 7.98. The molecule has 2 rings (SSSR count). The maximum atomic E-state index is 12.8. The summed E-state index contributed by atoms with van der Waals surface area (Å²) in [5.41, 5.74) is 2.61. The van der Waals surface area contributed by atoms with Crippen LogP contribution in [0, 0.1) is 24.0 Å². The molecule has 0 unspecified atom stereocenters. The van der Waals surface area contributed by atoms with Gasteiger partial charge in [-0.2, -0.15) is 11.8 Å². The lowest BCUT2D eigenvalue weighted by Gasteiger charge is -2.19. The second kappa shape index (κ2) is 9.89. The van der Waals surface area contributed by atoms with E-state index in [2.05, 4.69) is 10.6 Å². The average molecular weight is 401 g/mol. The fraction of sp³-hybridized carbons (Fsp3) is 0.300. The number of carbonyl (C=O) groups excluding carboxylic acids is 2. The molecule has 0 aliphatic carbocycles. The van der Waals surface area contributed by atoms with Crippen LogP contribution in [0.4, 0.5) is 11.4 Å². The van der Waals surface area contributed by atoms with E-state index in [9.17, 15) is 19.7 Å². The minimum absolute atomic E-state index is 0.142. The zero-order valence-corrected chi connectivity index (χ0v) is 16.8. The zero-order valence-electron chi connectivity index (χ0n) is 16.0. The molecule has 2 aromatic rings. The first kappa shape index (κ1) is 21.4. The summed E-state index contributed by atoms with van der Waals surface area (Å²) >= 11 is 1.57. The van der Waals surface area contributed by atoms with Gasteiger partial charge in [0.15, 0.2) is 0 Å². The van der Waals surface area contributed by atoms with E-state index in [1.807, 2.05) is 38.3 Å². The summed E-state index contributed by atoms with van der Waals surface area (Å²) < 4.78 is 0. The molecule has 2 amide bonds. The normalized spacial score (nSPS) is 11.5. The fourth-order valence-electron chi connectivity index (χ4n) is 2.60. The largest absolute Gasteiger partial charge is 0.340 e. The second-order valence-electron chi connectivity index (χ2n) is 6.42. The molecule has 0 aliphatic rings. The maximum Gasteiger partial charge on any atom is 0.270 e. The van der Waals surface area contributed by atoms with E-state index in [1.54, 1.807) is 11.8 Å². The number of amides is 2. The number of hydrogen-bond acceptors (Lipinski definition) is 5. The number of rotatable bonds is 8. The summed E-state index contributed by atoms with van der Waals surface area (Å²) in [7, 11) is 0. The van der Waals surface area contributed by atoms with Crippen molar-refractivity contribution in [2.24, 2.45) is 0 Å². The molecule has 0 radical (unpaired) electrons. The first-order valence-corrected chi connectivity index (χ1v) is 10.1. The summed E-state index contributed by atoms with van der Waals surface area (Å²) in [4.78, 5) is 35.7. The highest BCUT2D eigenvalue weighted by Crippen LogP contribution is 2.18. The van der Waals surface area contributed by atoms with Crippen LogP contribution in [0.3, 0.4) is 0 Å². The van der Waals surface area contributed by atoms with E-state index in [0.717, 1.165) is 11.1 Å². The lowest BCUT2D eigenvalue weighted by atomic mass is 10.1. The fourth-order valence-corrected chi connectivity index (χ4v) is 3.07. The molecule has 0 aliphatic heterocycles. The number of nitrogens with one attached hydrogen (secondary N) is 2. The van der Waals surface area contributed by atoms with Crippen LogP contribution in [0.2, 0.25) is 0 Å². The number of non-ortho nitro benzene ring substituents is 1. The molecule has 8 heteroatoms. The molecule has 0 fully saturated rings. The number of anilines is 1. The van der Waals surface area contributed by atoms with Crippen molar-refractivity contribution in [1.82, 2.24) is 5.32 Å². The highest BCUT2D eigenvalue weighted by Gasteiger charge is 2.22. The molecule has 0 saturated heterocycles. The number of aryl methyl sites for hydroxylation is 2. The molecule has 0 aromatic heterocycles. The molecule has 1 atom stereocenters. The van der Waals surface area contributed by atoms with Gasteiger partial charge in [-0.3, -0.25) is 19.7 Å². The van der Waals surface area contributed by atoms with Gasteiger partial charge < -0.3 is 10.6 Å². The Morgan fingerprint density at radius 3 is 2.61 bits per heavy atom. The molecule has 2 aromatic carbocycles. The summed E-state index contributed by atoms with van der Waals surface area (Å²) in [6.07, 6.45) is 2.36. The van der Waals surface area contributed by atoms with Crippen molar-refractivity contribution >= 4 is 35.0 Å². The van der Waals surface area contributed by atoms with Crippen molar-refractivity contribution in [2.45, 2.75) is 26.3 Å². The van der Waals surface area contributed by atoms with Gasteiger partial charge in [0.05, 0.1) is 4.92 Å². The quantitative estimate of drug-likeness (QED) is 0.519. The molecule has 28 heavy (non-hydrogen) atoms. The van der Waals surface area contributed by atoms with E-state index in [-0.39, 0.29) is 17.2 Å². The van der Waals surface area contributed by atoms with Crippen molar-refractivity contribution in [3.63, 3.8) is 0 Å². The van der Waals surface area contributed by atoms with Crippen molar-refractivity contribution in [3.8, 4) is 0 Å². The minimum atomic E-state index is -0.751. The lowest BCUT2D eigenvalue weighted by molar-refractivity contribution is -0.384. The van der Waals surface area contributed by atoms with Gasteiger partial charge in [-0.05, 0) is 55.5 Å². The third-order valence-corrected chi connectivity index (χ3v) is 4.85. The zero-order chi connectivity index (χ0) is 20.7. The Hall–Kier alpha value is -2.87. The molecule has 148 valence electrons. The number of benzene rings is 2. The Morgan fingerprint density at radius 2 is 1.93 bits per heavy atom. The molecular formula is C20H23N3O4S. The Morgan fingerprint density at radius 1 is 1.18 bits per heavy atom. The topological polar surface area (TPSA) is 101 Å². The summed E-state index contributed by atoms with van der Waals surface area (Å²) in [6, 6.07) is 10.4.